The summed E-state index contributed by atoms with van der Waals surface area (Å²) in [6.45, 7) is 2.86. The molecule has 0 amide bonds. The Kier molecular flexibility index (Phi) is 2.26. The number of hydrogen-bond acceptors (Lipinski definition) is 2. The first kappa shape index (κ1) is 10.8. The van der Waals surface area contributed by atoms with E-state index < -0.39 is 0 Å². The summed E-state index contributed by atoms with van der Waals surface area (Å²) in [6.07, 6.45) is 3.67. The molecule has 3 heteroatoms. The molecule has 1 fully saturated rings. The minimum atomic E-state index is 0.400. The summed E-state index contributed by atoms with van der Waals surface area (Å²) < 4.78 is 2.13. The van der Waals surface area contributed by atoms with E-state index in [1.165, 1.54) is 23.9 Å². The van der Waals surface area contributed by atoms with E-state index in [1.807, 2.05) is 6.92 Å². The average Bonchev–Trinajstić information content (AvgIpc) is 3.03. The van der Waals surface area contributed by atoms with E-state index in [4.69, 9.17) is 5.73 Å². The molecule has 0 unspecified atom stereocenters. The third-order valence-corrected chi connectivity index (χ3v) is 4.14. The maximum absolute atomic E-state index is 5.84. The van der Waals surface area contributed by atoms with Crippen molar-refractivity contribution in [3.05, 3.63) is 29.6 Å². The maximum atomic E-state index is 5.84. The Labute approximate surface area is 102 Å². The van der Waals surface area contributed by atoms with Gasteiger partial charge in [-0.1, -0.05) is 6.07 Å². The van der Waals surface area contributed by atoms with Gasteiger partial charge in [0.15, 0.2) is 0 Å². The van der Waals surface area contributed by atoms with Crippen molar-refractivity contribution in [2.45, 2.75) is 26.2 Å². The van der Waals surface area contributed by atoms with E-state index in [-0.39, 0.29) is 0 Å². The summed E-state index contributed by atoms with van der Waals surface area (Å²) in [5.41, 5.74) is 9.93. The van der Waals surface area contributed by atoms with Crippen molar-refractivity contribution >= 4 is 11.0 Å². The molecule has 3 rings (SSSR count). The highest BCUT2D eigenvalue weighted by Gasteiger charge is 2.40. The topological polar surface area (TPSA) is 43.8 Å². The predicted molar refractivity (Wildman–Crippen MR) is 69.9 cm³/mol. The van der Waals surface area contributed by atoms with Crippen molar-refractivity contribution in [1.82, 2.24) is 9.55 Å². The molecule has 17 heavy (non-hydrogen) atoms. The minimum absolute atomic E-state index is 0.400. The Balaban J connectivity index is 1.97. The lowest BCUT2D eigenvalue weighted by atomic mass is 9.96. The van der Waals surface area contributed by atoms with Gasteiger partial charge in [-0.15, -0.1) is 0 Å². The van der Waals surface area contributed by atoms with Crippen LogP contribution < -0.4 is 5.73 Å². The molecular formula is C14H19N3. The number of hydrogen-bond donors (Lipinski definition) is 1. The Hall–Kier alpha value is -1.35. The van der Waals surface area contributed by atoms with Crippen LogP contribution >= 0.6 is 0 Å². The molecule has 0 saturated heterocycles. The lowest BCUT2D eigenvalue weighted by molar-refractivity contribution is 0.521. The molecule has 0 bridgehead atoms. The molecule has 1 aromatic carbocycles. The summed E-state index contributed by atoms with van der Waals surface area (Å²) in [7, 11) is 2.06. The second-order valence-corrected chi connectivity index (χ2v) is 5.42. The summed E-state index contributed by atoms with van der Waals surface area (Å²) >= 11 is 0. The quantitative estimate of drug-likeness (QED) is 0.876. The molecule has 1 aliphatic carbocycles. The van der Waals surface area contributed by atoms with Crippen molar-refractivity contribution in [2.75, 3.05) is 6.54 Å². The summed E-state index contributed by atoms with van der Waals surface area (Å²) in [5.74, 6) is 1.07. The molecule has 1 heterocycles. The first-order chi connectivity index (χ1) is 8.13. The van der Waals surface area contributed by atoms with Crippen molar-refractivity contribution in [3.8, 4) is 0 Å². The van der Waals surface area contributed by atoms with E-state index in [0.29, 0.717) is 5.41 Å². The lowest BCUT2D eigenvalue weighted by Gasteiger charge is -2.11. The van der Waals surface area contributed by atoms with Gasteiger partial charge in [-0.25, -0.2) is 4.98 Å². The van der Waals surface area contributed by atoms with Crippen LogP contribution in [0, 0.1) is 12.3 Å². The van der Waals surface area contributed by atoms with E-state index in [1.54, 1.807) is 0 Å². The Morgan fingerprint density at radius 3 is 2.82 bits per heavy atom. The SMILES string of the molecule is Cc1nc2cc(CC3(CN)CC3)ccc2n1C. The van der Waals surface area contributed by atoms with Crippen LogP contribution in [0.3, 0.4) is 0 Å². The highest BCUT2D eigenvalue weighted by molar-refractivity contribution is 5.76. The van der Waals surface area contributed by atoms with E-state index in [2.05, 4.69) is 34.8 Å². The van der Waals surface area contributed by atoms with Crippen LogP contribution in [0.15, 0.2) is 18.2 Å². The summed E-state index contributed by atoms with van der Waals surface area (Å²) in [4.78, 5) is 4.58. The fraction of sp³-hybridized carbons (Fsp3) is 0.500. The van der Waals surface area contributed by atoms with Gasteiger partial charge in [-0.05, 0) is 55.8 Å². The standard InChI is InChI=1S/C14H19N3/c1-10-16-12-7-11(3-4-13(12)17(10)2)8-14(9-15)5-6-14/h3-4,7H,5-6,8-9,15H2,1-2H3. The zero-order chi connectivity index (χ0) is 12.0. The number of rotatable bonds is 3. The highest BCUT2D eigenvalue weighted by atomic mass is 15.0. The van der Waals surface area contributed by atoms with Crippen molar-refractivity contribution in [3.63, 3.8) is 0 Å². The van der Waals surface area contributed by atoms with Gasteiger partial charge in [-0.3, -0.25) is 0 Å². The van der Waals surface area contributed by atoms with Gasteiger partial charge < -0.3 is 10.3 Å². The van der Waals surface area contributed by atoms with Crippen LogP contribution in [-0.2, 0) is 13.5 Å². The van der Waals surface area contributed by atoms with Gasteiger partial charge in [0.1, 0.15) is 5.82 Å². The van der Waals surface area contributed by atoms with E-state index in [0.717, 1.165) is 24.3 Å². The van der Waals surface area contributed by atoms with Crippen molar-refractivity contribution in [1.29, 1.82) is 0 Å². The monoisotopic (exact) mass is 229 g/mol. The minimum Gasteiger partial charge on any atom is -0.331 e. The van der Waals surface area contributed by atoms with Crippen LogP contribution in [-0.4, -0.2) is 16.1 Å². The number of aromatic nitrogens is 2. The number of fused-ring (bicyclic) bond motifs is 1. The molecule has 0 spiro atoms. The number of nitrogens with zero attached hydrogens (tertiary/aromatic N) is 2. The third-order valence-electron chi connectivity index (χ3n) is 4.14. The third kappa shape index (κ3) is 1.75. The number of imidazole rings is 1. The lowest BCUT2D eigenvalue weighted by Crippen LogP contribution is -2.17. The molecule has 0 atom stereocenters. The first-order valence-corrected chi connectivity index (χ1v) is 6.26. The van der Waals surface area contributed by atoms with E-state index in [9.17, 15) is 0 Å². The molecule has 2 aromatic rings. The van der Waals surface area contributed by atoms with E-state index >= 15 is 0 Å². The van der Waals surface area contributed by atoms with Crippen molar-refractivity contribution in [2.24, 2.45) is 18.2 Å². The molecule has 1 saturated carbocycles. The number of benzene rings is 1. The average molecular weight is 229 g/mol. The van der Waals surface area contributed by atoms with Gasteiger partial charge in [0.2, 0.25) is 0 Å². The molecule has 90 valence electrons. The summed E-state index contributed by atoms with van der Waals surface area (Å²) in [5, 5.41) is 0. The van der Waals surface area contributed by atoms with Crippen LogP contribution in [0.1, 0.15) is 24.2 Å². The predicted octanol–water partition coefficient (Wildman–Crippen LogP) is 2.16. The van der Waals surface area contributed by atoms with Crippen molar-refractivity contribution < 1.29 is 0 Å². The molecule has 1 aliphatic rings. The normalized spacial score (nSPS) is 17.6. The Morgan fingerprint density at radius 2 is 2.18 bits per heavy atom. The summed E-state index contributed by atoms with van der Waals surface area (Å²) in [6, 6.07) is 6.62. The first-order valence-electron chi connectivity index (χ1n) is 6.26. The highest BCUT2D eigenvalue weighted by Crippen LogP contribution is 2.47. The van der Waals surface area contributed by atoms with Crippen LogP contribution in [0.2, 0.25) is 0 Å². The second-order valence-electron chi connectivity index (χ2n) is 5.42. The zero-order valence-corrected chi connectivity index (χ0v) is 10.5. The Bertz CT molecular complexity index is 564. The molecule has 0 aliphatic heterocycles. The fourth-order valence-corrected chi connectivity index (χ4v) is 2.54. The number of aryl methyl sites for hydroxylation is 2. The molecule has 0 radical (unpaired) electrons. The van der Waals surface area contributed by atoms with Crippen LogP contribution in [0.25, 0.3) is 11.0 Å². The molecule has 1 aromatic heterocycles. The molecule has 2 N–H and O–H groups in total. The van der Waals surface area contributed by atoms with Gasteiger partial charge in [0.25, 0.3) is 0 Å². The van der Waals surface area contributed by atoms with Crippen LogP contribution in [0.4, 0.5) is 0 Å². The largest absolute Gasteiger partial charge is 0.331 e. The zero-order valence-electron chi connectivity index (χ0n) is 10.5. The fourth-order valence-electron chi connectivity index (χ4n) is 2.54. The smallest absolute Gasteiger partial charge is 0.106 e. The molecule has 3 nitrogen and oxygen atoms in total. The second kappa shape index (κ2) is 3.57. The van der Waals surface area contributed by atoms with Gasteiger partial charge >= 0.3 is 0 Å². The molecular weight excluding hydrogens is 210 g/mol. The maximum Gasteiger partial charge on any atom is 0.106 e. The Morgan fingerprint density at radius 1 is 1.41 bits per heavy atom. The van der Waals surface area contributed by atoms with Crippen LogP contribution in [0.5, 0.6) is 0 Å². The van der Waals surface area contributed by atoms with Gasteiger partial charge in [-0.2, -0.15) is 0 Å². The van der Waals surface area contributed by atoms with Gasteiger partial charge in [0, 0.05) is 7.05 Å². The van der Waals surface area contributed by atoms with Gasteiger partial charge in [0.05, 0.1) is 11.0 Å². The number of nitrogens with two attached hydrogens (primary N) is 1.